The number of primary amides is 1. The molecule has 17 heavy (non-hydrogen) atoms. The summed E-state index contributed by atoms with van der Waals surface area (Å²) in [6, 6.07) is 2.16. The highest BCUT2D eigenvalue weighted by Crippen LogP contribution is 2.15. The van der Waals surface area contributed by atoms with Gasteiger partial charge in [-0.05, 0) is 6.07 Å². The molecule has 7 heteroatoms. The SMILES string of the molecule is NC(=O)c1ccc(CNC(=O)CO)c(F)c1F. The number of hydrogen-bond donors (Lipinski definition) is 3. The van der Waals surface area contributed by atoms with E-state index in [1.54, 1.807) is 0 Å². The van der Waals surface area contributed by atoms with Crippen molar-refractivity contribution in [2.24, 2.45) is 5.73 Å². The summed E-state index contributed by atoms with van der Waals surface area (Å²) in [5.74, 6) is -4.40. The lowest BCUT2D eigenvalue weighted by Gasteiger charge is -2.07. The van der Waals surface area contributed by atoms with Crippen molar-refractivity contribution in [1.82, 2.24) is 5.32 Å². The van der Waals surface area contributed by atoms with Crippen molar-refractivity contribution in [3.63, 3.8) is 0 Å². The van der Waals surface area contributed by atoms with Crippen molar-refractivity contribution in [3.05, 3.63) is 34.9 Å². The van der Waals surface area contributed by atoms with E-state index in [0.717, 1.165) is 12.1 Å². The quantitative estimate of drug-likeness (QED) is 0.677. The molecule has 0 bridgehead atoms. The normalized spacial score (nSPS) is 10.1. The van der Waals surface area contributed by atoms with E-state index in [0.29, 0.717) is 0 Å². The fraction of sp³-hybridized carbons (Fsp3) is 0.200. The van der Waals surface area contributed by atoms with Crippen LogP contribution in [-0.4, -0.2) is 23.5 Å². The summed E-state index contributed by atoms with van der Waals surface area (Å²) >= 11 is 0. The second kappa shape index (κ2) is 5.35. The zero-order valence-electron chi connectivity index (χ0n) is 8.67. The van der Waals surface area contributed by atoms with Crippen molar-refractivity contribution in [2.75, 3.05) is 6.61 Å². The van der Waals surface area contributed by atoms with Crippen molar-refractivity contribution >= 4 is 11.8 Å². The molecule has 1 aromatic rings. The summed E-state index contributed by atoms with van der Waals surface area (Å²) in [6.07, 6.45) is 0. The van der Waals surface area contributed by atoms with Gasteiger partial charge < -0.3 is 16.2 Å². The fourth-order valence-electron chi connectivity index (χ4n) is 1.17. The van der Waals surface area contributed by atoms with E-state index in [4.69, 9.17) is 10.8 Å². The first-order valence-corrected chi connectivity index (χ1v) is 4.61. The van der Waals surface area contributed by atoms with Crippen LogP contribution >= 0.6 is 0 Å². The van der Waals surface area contributed by atoms with E-state index in [1.807, 2.05) is 0 Å². The second-order valence-corrected chi connectivity index (χ2v) is 3.20. The lowest BCUT2D eigenvalue weighted by atomic mass is 10.1. The zero-order chi connectivity index (χ0) is 13.0. The summed E-state index contributed by atoms with van der Waals surface area (Å²) in [4.78, 5) is 21.4. The molecule has 92 valence electrons. The molecule has 0 saturated carbocycles. The van der Waals surface area contributed by atoms with E-state index in [1.165, 1.54) is 0 Å². The van der Waals surface area contributed by atoms with Crippen LogP contribution in [0.2, 0.25) is 0 Å². The monoisotopic (exact) mass is 244 g/mol. The predicted octanol–water partition coefficient (Wildman–Crippen LogP) is -0.328. The van der Waals surface area contributed by atoms with Gasteiger partial charge in [-0.15, -0.1) is 0 Å². The molecule has 0 fully saturated rings. The maximum absolute atomic E-state index is 13.4. The molecule has 0 atom stereocenters. The van der Waals surface area contributed by atoms with Crippen LogP contribution in [-0.2, 0) is 11.3 Å². The summed E-state index contributed by atoms with van der Waals surface area (Å²) in [5.41, 5.74) is 4.13. The topological polar surface area (TPSA) is 92.4 Å². The maximum atomic E-state index is 13.4. The molecule has 5 nitrogen and oxygen atoms in total. The number of rotatable bonds is 4. The van der Waals surface area contributed by atoms with Gasteiger partial charge in [-0.2, -0.15) is 0 Å². The largest absolute Gasteiger partial charge is 0.387 e. The molecule has 0 heterocycles. The molecule has 0 aliphatic rings. The molecule has 4 N–H and O–H groups in total. The summed E-state index contributed by atoms with van der Waals surface area (Å²) in [5, 5.41) is 10.6. The number of nitrogens with two attached hydrogens (primary N) is 1. The van der Waals surface area contributed by atoms with Crippen LogP contribution < -0.4 is 11.1 Å². The molecule has 2 amide bonds. The van der Waals surface area contributed by atoms with E-state index in [9.17, 15) is 18.4 Å². The number of aliphatic hydroxyl groups excluding tert-OH is 1. The van der Waals surface area contributed by atoms with E-state index >= 15 is 0 Å². The Labute approximate surface area is 95.2 Å². The van der Waals surface area contributed by atoms with Crippen LogP contribution in [0.4, 0.5) is 8.78 Å². The molecular weight excluding hydrogens is 234 g/mol. The van der Waals surface area contributed by atoms with Crippen molar-refractivity contribution in [2.45, 2.75) is 6.54 Å². The Morgan fingerprint density at radius 3 is 2.47 bits per heavy atom. The van der Waals surface area contributed by atoms with Gasteiger partial charge in [-0.25, -0.2) is 8.78 Å². The maximum Gasteiger partial charge on any atom is 0.251 e. The third kappa shape index (κ3) is 2.97. The molecule has 0 spiro atoms. The second-order valence-electron chi connectivity index (χ2n) is 3.20. The number of benzene rings is 1. The highest BCUT2D eigenvalue weighted by Gasteiger charge is 2.16. The average Bonchev–Trinajstić information content (AvgIpc) is 2.30. The molecule has 0 aliphatic carbocycles. The number of aliphatic hydroxyl groups is 1. The number of hydrogen-bond acceptors (Lipinski definition) is 3. The number of nitrogens with one attached hydrogen (secondary N) is 1. The number of halogens is 2. The van der Waals surface area contributed by atoms with Gasteiger partial charge in [0.2, 0.25) is 5.91 Å². The average molecular weight is 244 g/mol. The molecular formula is C10H10F2N2O3. The first kappa shape index (κ1) is 13.0. The molecule has 0 unspecified atom stereocenters. The minimum absolute atomic E-state index is 0.144. The summed E-state index contributed by atoms with van der Waals surface area (Å²) in [7, 11) is 0. The molecule has 0 saturated heterocycles. The van der Waals surface area contributed by atoms with Crippen molar-refractivity contribution in [1.29, 1.82) is 0 Å². The Morgan fingerprint density at radius 1 is 1.29 bits per heavy atom. The predicted molar refractivity (Wildman–Crippen MR) is 53.8 cm³/mol. The van der Waals surface area contributed by atoms with E-state index in [2.05, 4.69) is 5.32 Å². The van der Waals surface area contributed by atoms with Crippen molar-refractivity contribution in [3.8, 4) is 0 Å². The minimum Gasteiger partial charge on any atom is -0.387 e. The Hall–Kier alpha value is -2.02. The van der Waals surface area contributed by atoms with Gasteiger partial charge >= 0.3 is 0 Å². The Morgan fingerprint density at radius 2 is 1.94 bits per heavy atom. The first-order chi connectivity index (χ1) is 7.97. The summed E-state index contributed by atoms with van der Waals surface area (Å²) < 4.78 is 26.7. The van der Waals surface area contributed by atoms with Crippen LogP contribution in [0.3, 0.4) is 0 Å². The third-order valence-electron chi connectivity index (χ3n) is 2.05. The van der Waals surface area contributed by atoms with Gasteiger partial charge in [0.05, 0.1) is 5.56 Å². The van der Waals surface area contributed by atoms with E-state index in [-0.39, 0.29) is 12.1 Å². The third-order valence-corrected chi connectivity index (χ3v) is 2.05. The Kier molecular flexibility index (Phi) is 4.11. The molecule has 0 aromatic heterocycles. The first-order valence-electron chi connectivity index (χ1n) is 4.61. The number of carbonyl (C=O) groups is 2. The van der Waals surface area contributed by atoms with Crippen LogP contribution in [0.1, 0.15) is 15.9 Å². The minimum atomic E-state index is -1.35. The lowest BCUT2D eigenvalue weighted by molar-refractivity contribution is -0.123. The Bertz CT molecular complexity index is 463. The highest BCUT2D eigenvalue weighted by molar-refractivity contribution is 5.93. The lowest BCUT2D eigenvalue weighted by Crippen LogP contribution is -2.26. The number of carbonyl (C=O) groups excluding carboxylic acids is 2. The zero-order valence-corrected chi connectivity index (χ0v) is 8.67. The van der Waals surface area contributed by atoms with Gasteiger partial charge in [-0.3, -0.25) is 9.59 Å². The van der Waals surface area contributed by atoms with Gasteiger partial charge in [0, 0.05) is 12.1 Å². The van der Waals surface area contributed by atoms with Gasteiger partial charge in [0.25, 0.3) is 5.91 Å². The van der Waals surface area contributed by atoms with Crippen LogP contribution in [0.25, 0.3) is 0 Å². The molecule has 1 aromatic carbocycles. The molecule has 1 rings (SSSR count). The van der Waals surface area contributed by atoms with Crippen molar-refractivity contribution < 1.29 is 23.5 Å². The molecule has 0 radical (unpaired) electrons. The smallest absolute Gasteiger partial charge is 0.251 e. The highest BCUT2D eigenvalue weighted by atomic mass is 19.2. The van der Waals surface area contributed by atoms with Crippen LogP contribution in [0.5, 0.6) is 0 Å². The fourth-order valence-corrected chi connectivity index (χ4v) is 1.17. The standard InChI is InChI=1S/C10H10F2N2O3/c11-8-5(3-14-7(16)4-15)1-2-6(9(8)12)10(13)17/h1-2,15H,3-4H2,(H2,13,17)(H,14,16). The Balaban J connectivity index is 2.93. The number of amides is 2. The van der Waals surface area contributed by atoms with Gasteiger partial charge in [0.15, 0.2) is 11.6 Å². The van der Waals surface area contributed by atoms with Crippen LogP contribution in [0, 0.1) is 11.6 Å². The van der Waals surface area contributed by atoms with E-state index < -0.39 is 35.6 Å². The molecule has 0 aliphatic heterocycles. The van der Waals surface area contributed by atoms with Gasteiger partial charge in [-0.1, -0.05) is 6.07 Å². The van der Waals surface area contributed by atoms with Gasteiger partial charge in [0.1, 0.15) is 6.61 Å². The summed E-state index contributed by atoms with van der Waals surface area (Å²) in [6.45, 7) is -1.04. The van der Waals surface area contributed by atoms with Crippen LogP contribution in [0.15, 0.2) is 12.1 Å².